The van der Waals surface area contributed by atoms with Crippen molar-refractivity contribution in [2.75, 3.05) is 14.1 Å². The molecule has 160 valence electrons. The second kappa shape index (κ2) is 9.28. The first-order valence-electron chi connectivity index (χ1n) is 9.20. The summed E-state index contributed by atoms with van der Waals surface area (Å²) < 4.78 is 1.35. The fourth-order valence-corrected chi connectivity index (χ4v) is 3.20. The molecule has 3 aromatic rings. The van der Waals surface area contributed by atoms with Crippen LogP contribution in [0.5, 0.6) is 0 Å². The molecule has 31 heavy (non-hydrogen) atoms. The predicted octanol–water partition coefficient (Wildman–Crippen LogP) is 3.14. The van der Waals surface area contributed by atoms with E-state index in [0.29, 0.717) is 21.3 Å². The minimum atomic E-state index is -0.421. The maximum absolute atomic E-state index is 13.3. The van der Waals surface area contributed by atoms with Crippen molar-refractivity contribution >= 4 is 40.8 Å². The molecular formula is C21H19Cl2N5O3. The number of amides is 2. The molecule has 1 aromatic heterocycles. The Kier molecular flexibility index (Phi) is 6.72. The molecule has 0 bridgehead atoms. The van der Waals surface area contributed by atoms with Gasteiger partial charge in [-0.2, -0.15) is 0 Å². The van der Waals surface area contributed by atoms with Gasteiger partial charge in [-0.05, 0) is 30.3 Å². The number of nitrogens with zero attached hydrogens (tertiary/aromatic N) is 4. The van der Waals surface area contributed by atoms with Gasteiger partial charge in [-0.1, -0.05) is 35.3 Å². The zero-order chi connectivity index (χ0) is 22.7. The van der Waals surface area contributed by atoms with Gasteiger partial charge in [0.05, 0.1) is 17.3 Å². The number of nitrogens with one attached hydrogen (secondary N) is 1. The van der Waals surface area contributed by atoms with Crippen molar-refractivity contribution in [1.29, 1.82) is 0 Å². The molecule has 0 saturated heterocycles. The lowest BCUT2D eigenvalue weighted by Crippen LogP contribution is -2.23. The molecule has 0 aliphatic rings. The Hall–Kier alpha value is -3.23. The predicted molar refractivity (Wildman–Crippen MR) is 117 cm³/mol. The van der Waals surface area contributed by atoms with Gasteiger partial charge < -0.3 is 10.2 Å². The van der Waals surface area contributed by atoms with Crippen LogP contribution in [0.25, 0.3) is 5.69 Å². The van der Waals surface area contributed by atoms with E-state index in [2.05, 4.69) is 15.4 Å². The van der Waals surface area contributed by atoms with Crippen LogP contribution in [0.2, 0.25) is 10.0 Å². The number of ketones is 1. The fraction of sp³-hybridized carbons (Fsp3) is 0.190. The van der Waals surface area contributed by atoms with E-state index < -0.39 is 5.91 Å². The van der Waals surface area contributed by atoms with Gasteiger partial charge in [-0.15, -0.1) is 5.10 Å². The summed E-state index contributed by atoms with van der Waals surface area (Å²) >= 11 is 12.4. The smallest absolute Gasteiger partial charge is 0.293 e. The van der Waals surface area contributed by atoms with E-state index in [1.165, 1.54) is 22.6 Å². The number of hydrogen-bond donors (Lipinski definition) is 1. The Balaban J connectivity index is 2.18. The van der Waals surface area contributed by atoms with E-state index in [9.17, 15) is 14.4 Å². The third-order valence-corrected chi connectivity index (χ3v) is 4.88. The van der Waals surface area contributed by atoms with Gasteiger partial charge in [0.1, 0.15) is 0 Å². The first kappa shape index (κ1) is 22.5. The van der Waals surface area contributed by atoms with Crippen molar-refractivity contribution in [3.8, 4) is 5.69 Å². The van der Waals surface area contributed by atoms with E-state index >= 15 is 0 Å². The molecule has 2 amide bonds. The summed E-state index contributed by atoms with van der Waals surface area (Å²) in [5.41, 5.74) is 0.860. The minimum absolute atomic E-state index is 0.00535. The van der Waals surface area contributed by atoms with E-state index in [4.69, 9.17) is 23.2 Å². The number of rotatable bonds is 6. The third-order valence-electron chi connectivity index (χ3n) is 4.32. The van der Waals surface area contributed by atoms with Crippen LogP contribution in [-0.2, 0) is 11.3 Å². The lowest BCUT2D eigenvalue weighted by atomic mass is 10.0. The van der Waals surface area contributed by atoms with Crippen LogP contribution in [0.4, 0.5) is 0 Å². The van der Waals surface area contributed by atoms with Gasteiger partial charge in [-0.25, -0.2) is 9.67 Å². The van der Waals surface area contributed by atoms with Crippen molar-refractivity contribution in [2.45, 2.75) is 13.5 Å². The Morgan fingerprint density at radius 3 is 2.42 bits per heavy atom. The van der Waals surface area contributed by atoms with Gasteiger partial charge in [0.15, 0.2) is 11.6 Å². The highest BCUT2D eigenvalue weighted by atomic mass is 35.5. The van der Waals surface area contributed by atoms with Crippen LogP contribution in [0.15, 0.2) is 42.5 Å². The Labute approximate surface area is 188 Å². The summed E-state index contributed by atoms with van der Waals surface area (Å²) in [6.07, 6.45) is 0. The number of carbonyl (C=O) groups excluding carboxylic acids is 3. The standard InChI is InChI=1S/C21H19Cl2N5O3/c1-12(29)24-11-18-25-20(21(31)27(2)3)26-28(18)17-9-8-13(22)10-15(17)19(30)14-6-4-5-7-16(14)23/h4-10H,11H2,1-3H3,(H,24,29). The summed E-state index contributed by atoms with van der Waals surface area (Å²) in [6.45, 7) is 1.37. The van der Waals surface area contributed by atoms with E-state index in [-0.39, 0.29) is 35.4 Å². The second-order valence-corrected chi connectivity index (χ2v) is 7.69. The lowest BCUT2D eigenvalue weighted by molar-refractivity contribution is -0.119. The van der Waals surface area contributed by atoms with Crippen molar-refractivity contribution in [1.82, 2.24) is 25.0 Å². The number of halogens is 2. The Bertz CT molecular complexity index is 1170. The van der Waals surface area contributed by atoms with Gasteiger partial charge >= 0.3 is 0 Å². The molecule has 0 atom stereocenters. The van der Waals surface area contributed by atoms with E-state index in [1.54, 1.807) is 50.5 Å². The summed E-state index contributed by atoms with van der Waals surface area (Å²) in [5.74, 6) is -0.869. The maximum atomic E-state index is 13.3. The van der Waals surface area contributed by atoms with Crippen molar-refractivity contribution in [2.24, 2.45) is 0 Å². The van der Waals surface area contributed by atoms with Crippen LogP contribution >= 0.6 is 23.2 Å². The summed E-state index contributed by atoms with van der Waals surface area (Å²) in [7, 11) is 3.15. The van der Waals surface area contributed by atoms with Gasteiger partial charge in [0, 0.05) is 37.2 Å². The molecule has 0 fully saturated rings. The molecule has 1 heterocycles. The lowest BCUT2D eigenvalue weighted by Gasteiger charge is -2.12. The molecule has 0 spiro atoms. The number of benzene rings is 2. The van der Waals surface area contributed by atoms with Gasteiger partial charge in [0.25, 0.3) is 5.91 Å². The number of aromatic nitrogens is 3. The molecule has 0 aliphatic heterocycles. The Morgan fingerprint density at radius 1 is 1.06 bits per heavy atom. The summed E-state index contributed by atoms with van der Waals surface area (Å²) in [6, 6.07) is 11.3. The van der Waals surface area contributed by atoms with E-state index in [0.717, 1.165) is 0 Å². The van der Waals surface area contributed by atoms with Crippen molar-refractivity contribution in [3.63, 3.8) is 0 Å². The highest BCUT2D eigenvalue weighted by Gasteiger charge is 2.23. The molecule has 10 heteroatoms. The quantitative estimate of drug-likeness (QED) is 0.570. The highest BCUT2D eigenvalue weighted by Crippen LogP contribution is 2.26. The Morgan fingerprint density at radius 2 is 1.77 bits per heavy atom. The van der Waals surface area contributed by atoms with Crippen LogP contribution < -0.4 is 5.32 Å². The molecule has 1 N–H and O–H groups in total. The SMILES string of the molecule is CC(=O)NCc1nc(C(=O)N(C)C)nn1-c1ccc(Cl)cc1C(=O)c1ccccc1Cl. The van der Waals surface area contributed by atoms with Gasteiger partial charge in [0.2, 0.25) is 11.7 Å². The third kappa shape index (κ3) is 4.92. The fourth-order valence-electron chi connectivity index (χ4n) is 2.81. The second-order valence-electron chi connectivity index (χ2n) is 6.84. The number of hydrogen-bond acceptors (Lipinski definition) is 5. The first-order chi connectivity index (χ1) is 14.7. The average Bonchev–Trinajstić information content (AvgIpc) is 3.15. The molecule has 3 rings (SSSR count). The molecule has 0 saturated carbocycles. The zero-order valence-electron chi connectivity index (χ0n) is 17.0. The largest absolute Gasteiger partial charge is 0.349 e. The average molecular weight is 460 g/mol. The zero-order valence-corrected chi connectivity index (χ0v) is 18.5. The summed E-state index contributed by atoms with van der Waals surface area (Å²) in [4.78, 5) is 42.7. The van der Waals surface area contributed by atoms with Crippen LogP contribution in [-0.4, -0.2) is 51.4 Å². The van der Waals surface area contributed by atoms with Crippen LogP contribution in [0.1, 0.15) is 39.3 Å². The van der Waals surface area contributed by atoms with Crippen molar-refractivity contribution < 1.29 is 14.4 Å². The molecule has 2 aromatic carbocycles. The van der Waals surface area contributed by atoms with Gasteiger partial charge in [-0.3, -0.25) is 14.4 Å². The minimum Gasteiger partial charge on any atom is -0.349 e. The van der Waals surface area contributed by atoms with Crippen LogP contribution in [0.3, 0.4) is 0 Å². The number of carbonyl (C=O) groups is 3. The van der Waals surface area contributed by atoms with E-state index in [1.807, 2.05) is 0 Å². The monoisotopic (exact) mass is 459 g/mol. The summed E-state index contributed by atoms with van der Waals surface area (Å²) in [5, 5.41) is 7.57. The van der Waals surface area contributed by atoms with Crippen LogP contribution in [0, 0.1) is 0 Å². The molecular weight excluding hydrogens is 441 g/mol. The molecule has 0 aliphatic carbocycles. The molecule has 8 nitrogen and oxygen atoms in total. The highest BCUT2D eigenvalue weighted by molar-refractivity contribution is 6.35. The molecule has 0 radical (unpaired) electrons. The normalized spacial score (nSPS) is 10.6. The van der Waals surface area contributed by atoms with Crippen molar-refractivity contribution in [3.05, 3.63) is 75.3 Å². The molecule has 0 unspecified atom stereocenters. The first-order valence-corrected chi connectivity index (χ1v) is 9.95. The topological polar surface area (TPSA) is 97.2 Å². The maximum Gasteiger partial charge on any atom is 0.293 e.